The molecule has 3 aromatic rings. The van der Waals surface area contributed by atoms with Gasteiger partial charge >= 0.3 is 12.1 Å². The van der Waals surface area contributed by atoms with E-state index in [1.807, 2.05) is 18.2 Å². The van der Waals surface area contributed by atoms with Crippen molar-refractivity contribution in [1.29, 1.82) is 0 Å². The Kier molecular flexibility index (Phi) is 3.55. The summed E-state index contributed by atoms with van der Waals surface area (Å²) in [5.41, 5.74) is 1.00. The number of carboxylic acids is 1. The van der Waals surface area contributed by atoms with Crippen LogP contribution in [0.3, 0.4) is 0 Å². The van der Waals surface area contributed by atoms with E-state index in [4.69, 9.17) is 4.74 Å². The first-order chi connectivity index (χ1) is 11.2. The fraction of sp³-hybridized carbons (Fsp3) is 0.278. The van der Waals surface area contributed by atoms with Gasteiger partial charge in [0.2, 0.25) is 0 Å². The zero-order valence-electron chi connectivity index (χ0n) is 14.0. The van der Waals surface area contributed by atoms with Gasteiger partial charge in [-0.3, -0.25) is 0 Å². The lowest BCUT2D eigenvalue weighted by molar-refractivity contribution is 0.0550. The Hall–Kier alpha value is -2.89. The van der Waals surface area contributed by atoms with Gasteiger partial charge in [0, 0.05) is 10.8 Å². The number of benzene rings is 1. The second-order valence-electron chi connectivity index (χ2n) is 6.63. The second-order valence-corrected chi connectivity index (χ2v) is 6.63. The lowest BCUT2D eigenvalue weighted by Gasteiger charge is -2.20. The van der Waals surface area contributed by atoms with Crippen LogP contribution in [0, 0.1) is 6.92 Å². The molecule has 2 heterocycles. The molecule has 2 aromatic heterocycles. The molecular formula is C18H18N2O4. The summed E-state index contributed by atoms with van der Waals surface area (Å²) in [5, 5.41) is 10.7. The molecule has 124 valence electrons. The normalized spacial score (nSPS) is 11.8. The van der Waals surface area contributed by atoms with Crippen LogP contribution in [0.1, 0.15) is 37.0 Å². The van der Waals surface area contributed by atoms with Gasteiger partial charge in [0.05, 0.1) is 16.7 Å². The zero-order valence-corrected chi connectivity index (χ0v) is 14.0. The van der Waals surface area contributed by atoms with E-state index in [1.54, 1.807) is 33.8 Å². The number of ether oxygens (including phenoxy) is 1. The number of hydrogen-bond acceptors (Lipinski definition) is 4. The van der Waals surface area contributed by atoms with E-state index in [0.717, 1.165) is 5.39 Å². The molecule has 1 N–H and O–H groups in total. The minimum absolute atomic E-state index is 0.0490. The SMILES string of the molecule is Cc1nc(C(=O)O)cc2c3ccccc3n(C(=O)OC(C)(C)C)c12. The molecule has 0 saturated heterocycles. The Balaban J connectivity index is 2.39. The van der Waals surface area contributed by atoms with Crippen LogP contribution >= 0.6 is 0 Å². The van der Waals surface area contributed by atoms with E-state index in [9.17, 15) is 14.7 Å². The number of carbonyl (C=O) groups excluding carboxylic acids is 1. The highest BCUT2D eigenvalue weighted by molar-refractivity contribution is 6.14. The van der Waals surface area contributed by atoms with Gasteiger partial charge < -0.3 is 9.84 Å². The third-order valence-electron chi connectivity index (χ3n) is 3.62. The zero-order chi connectivity index (χ0) is 17.6. The Bertz CT molecular complexity index is 980. The van der Waals surface area contributed by atoms with E-state index in [2.05, 4.69) is 4.98 Å². The predicted molar refractivity (Wildman–Crippen MR) is 90.6 cm³/mol. The summed E-state index contributed by atoms with van der Waals surface area (Å²) in [4.78, 5) is 28.1. The molecule has 1 aromatic carbocycles. The molecule has 0 radical (unpaired) electrons. The van der Waals surface area contributed by atoms with Crippen LogP contribution in [-0.2, 0) is 4.74 Å². The van der Waals surface area contributed by atoms with Crippen LogP contribution in [0.4, 0.5) is 4.79 Å². The van der Waals surface area contributed by atoms with Crippen LogP contribution in [0.2, 0.25) is 0 Å². The molecule has 24 heavy (non-hydrogen) atoms. The lowest BCUT2D eigenvalue weighted by Crippen LogP contribution is -2.27. The first kappa shape index (κ1) is 16.0. The number of pyridine rings is 1. The second kappa shape index (κ2) is 5.33. The first-order valence-electron chi connectivity index (χ1n) is 7.56. The van der Waals surface area contributed by atoms with Gasteiger partial charge in [0.1, 0.15) is 11.3 Å². The number of carboxylic acid groups (broad SMARTS) is 1. The number of aromatic nitrogens is 2. The molecule has 3 rings (SSSR count). The van der Waals surface area contributed by atoms with Crippen molar-refractivity contribution in [3.63, 3.8) is 0 Å². The number of nitrogens with zero attached hydrogens (tertiary/aromatic N) is 2. The third-order valence-corrected chi connectivity index (χ3v) is 3.62. The van der Waals surface area contributed by atoms with Crippen molar-refractivity contribution >= 4 is 33.9 Å². The van der Waals surface area contributed by atoms with Crippen molar-refractivity contribution in [1.82, 2.24) is 9.55 Å². The van der Waals surface area contributed by atoms with Crippen LogP contribution in [0.15, 0.2) is 30.3 Å². The Morgan fingerprint density at radius 3 is 2.46 bits per heavy atom. The number of carbonyl (C=O) groups is 2. The van der Waals surface area contributed by atoms with Crippen LogP contribution in [0.5, 0.6) is 0 Å². The van der Waals surface area contributed by atoms with Crippen molar-refractivity contribution in [2.24, 2.45) is 0 Å². The molecule has 6 heteroatoms. The van der Waals surface area contributed by atoms with Gasteiger partial charge in [0.15, 0.2) is 0 Å². The maximum atomic E-state index is 12.7. The summed E-state index contributed by atoms with van der Waals surface area (Å²) < 4.78 is 6.97. The number of aromatic carboxylic acids is 1. The molecule has 0 spiro atoms. The number of fused-ring (bicyclic) bond motifs is 3. The maximum Gasteiger partial charge on any atom is 0.419 e. The van der Waals surface area contributed by atoms with Crippen molar-refractivity contribution in [2.45, 2.75) is 33.3 Å². The van der Waals surface area contributed by atoms with Crippen molar-refractivity contribution in [3.05, 3.63) is 41.7 Å². The standard InChI is InChI=1S/C18H18N2O4/c1-10-15-12(9-13(19-10)16(21)22)11-7-5-6-8-14(11)20(15)17(23)24-18(2,3)4/h5-9H,1-4H3,(H,21,22). The molecule has 0 fully saturated rings. The predicted octanol–water partition coefficient (Wildman–Crippen LogP) is 3.98. The summed E-state index contributed by atoms with van der Waals surface area (Å²) in [6.07, 6.45) is -0.512. The summed E-state index contributed by atoms with van der Waals surface area (Å²) in [6, 6.07) is 8.82. The van der Waals surface area contributed by atoms with Crippen LogP contribution in [-0.4, -0.2) is 32.3 Å². The van der Waals surface area contributed by atoms with Gasteiger partial charge in [-0.2, -0.15) is 0 Å². The number of rotatable bonds is 1. The molecule has 0 unspecified atom stereocenters. The van der Waals surface area contributed by atoms with Gasteiger partial charge in [0.25, 0.3) is 0 Å². The quantitative estimate of drug-likeness (QED) is 0.731. The van der Waals surface area contributed by atoms with Crippen LogP contribution in [0.25, 0.3) is 21.8 Å². The minimum atomic E-state index is -1.10. The molecule has 0 amide bonds. The maximum absolute atomic E-state index is 12.7. The average molecular weight is 326 g/mol. The van der Waals surface area contributed by atoms with E-state index in [1.165, 1.54) is 10.6 Å². The average Bonchev–Trinajstić information content (AvgIpc) is 2.80. The van der Waals surface area contributed by atoms with Gasteiger partial charge in [-0.05, 0) is 39.8 Å². The topological polar surface area (TPSA) is 81.4 Å². The molecule has 0 aliphatic heterocycles. The largest absolute Gasteiger partial charge is 0.477 e. The fourth-order valence-corrected chi connectivity index (χ4v) is 2.78. The fourth-order valence-electron chi connectivity index (χ4n) is 2.78. The first-order valence-corrected chi connectivity index (χ1v) is 7.56. The Morgan fingerprint density at radius 2 is 1.83 bits per heavy atom. The van der Waals surface area contributed by atoms with E-state index < -0.39 is 17.7 Å². The van der Waals surface area contributed by atoms with E-state index in [-0.39, 0.29) is 5.69 Å². The summed E-state index contributed by atoms with van der Waals surface area (Å²) in [5.74, 6) is -1.10. The van der Waals surface area contributed by atoms with E-state index in [0.29, 0.717) is 22.1 Å². The lowest BCUT2D eigenvalue weighted by atomic mass is 10.1. The van der Waals surface area contributed by atoms with Gasteiger partial charge in [-0.15, -0.1) is 0 Å². The van der Waals surface area contributed by atoms with E-state index >= 15 is 0 Å². The molecule has 0 bridgehead atoms. The monoisotopic (exact) mass is 326 g/mol. The van der Waals surface area contributed by atoms with Crippen molar-refractivity contribution in [3.8, 4) is 0 Å². The molecule has 0 saturated carbocycles. The highest BCUT2D eigenvalue weighted by Crippen LogP contribution is 2.31. The number of aryl methyl sites for hydroxylation is 1. The highest BCUT2D eigenvalue weighted by atomic mass is 16.6. The summed E-state index contributed by atoms with van der Waals surface area (Å²) >= 11 is 0. The molecule has 0 atom stereocenters. The third kappa shape index (κ3) is 2.60. The molecule has 0 aliphatic carbocycles. The number of para-hydroxylation sites is 1. The summed E-state index contributed by atoms with van der Waals surface area (Å²) in [6.45, 7) is 7.08. The summed E-state index contributed by atoms with van der Waals surface area (Å²) in [7, 11) is 0. The van der Waals surface area contributed by atoms with Gasteiger partial charge in [-0.25, -0.2) is 19.1 Å². The Labute approximate surface area is 138 Å². The van der Waals surface area contributed by atoms with Gasteiger partial charge in [-0.1, -0.05) is 18.2 Å². The van der Waals surface area contributed by atoms with Crippen molar-refractivity contribution < 1.29 is 19.4 Å². The number of hydrogen-bond donors (Lipinski definition) is 1. The smallest absolute Gasteiger partial charge is 0.419 e. The Morgan fingerprint density at radius 1 is 1.17 bits per heavy atom. The molecule has 6 nitrogen and oxygen atoms in total. The van der Waals surface area contributed by atoms with Crippen LogP contribution < -0.4 is 0 Å². The highest BCUT2D eigenvalue weighted by Gasteiger charge is 2.24. The van der Waals surface area contributed by atoms with Crippen molar-refractivity contribution in [2.75, 3.05) is 0 Å². The molecular weight excluding hydrogens is 308 g/mol. The molecule has 0 aliphatic rings. The minimum Gasteiger partial charge on any atom is -0.477 e.